The van der Waals surface area contributed by atoms with Crippen LogP contribution in [0, 0.1) is 17.8 Å². The van der Waals surface area contributed by atoms with E-state index in [1.54, 1.807) is 0 Å². The normalized spacial score (nSPS) is 22.9. The molecule has 0 aliphatic heterocycles. The quantitative estimate of drug-likeness (QED) is 0.577. The van der Waals surface area contributed by atoms with E-state index in [1.165, 1.54) is 12.8 Å². The zero-order valence-corrected chi connectivity index (χ0v) is 10.8. The van der Waals surface area contributed by atoms with Crippen LogP contribution in [0.5, 0.6) is 0 Å². The van der Waals surface area contributed by atoms with E-state index < -0.39 is 0 Å². The average molecular weight is 240 g/mol. The van der Waals surface area contributed by atoms with Crippen LogP contribution in [0.3, 0.4) is 0 Å². The van der Waals surface area contributed by atoms with Gasteiger partial charge in [0.25, 0.3) is 0 Å². The lowest BCUT2D eigenvalue weighted by Crippen LogP contribution is -2.26. The van der Waals surface area contributed by atoms with Crippen LogP contribution in [0.4, 0.5) is 0 Å². The van der Waals surface area contributed by atoms with Crippen LogP contribution in [0.2, 0.25) is 0 Å². The summed E-state index contributed by atoms with van der Waals surface area (Å²) in [5.41, 5.74) is 1.09. The van der Waals surface area contributed by atoms with Gasteiger partial charge in [0.15, 0.2) is 0 Å². The standard InChI is InChI=1S/C17H20O/c1-2-14-18-17-11-7-6-10-16(17)13-12-15-8-4-3-5-9-15/h2-5,8-9,16-17H,1,6-7,10-11,14H2/t16-,17+/m0/s1. The topological polar surface area (TPSA) is 9.23 Å². The fourth-order valence-corrected chi connectivity index (χ4v) is 2.35. The highest BCUT2D eigenvalue weighted by atomic mass is 16.5. The minimum Gasteiger partial charge on any atom is -0.373 e. The summed E-state index contributed by atoms with van der Waals surface area (Å²) in [6, 6.07) is 10.2. The molecule has 1 aromatic carbocycles. The van der Waals surface area contributed by atoms with Crippen molar-refractivity contribution in [2.45, 2.75) is 31.8 Å². The van der Waals surface area contributed by atoms with E-state index >= 15 is 0 Å². The van der Waals surface area contributed by atoms with Gasteiger partial charge in [-0.25, -0.2) is 0 Å². The summed E-state index contributed by atoms with van der Waals surface area (Å²) < 4.78 is 5.81. The van der Waals surface area contributed by atoms with Crippen LogP contribution < -0.4 is 0 Å². The van der Waals surface area contributed by atoms with Crippen molar-refractivity contribution in [1.29, 1.82) is 0 Å². The van der Waals surface area contributed by atoms with Gasteiger partial charge in [0.1, 0.15) is 0 Å². The van der Waals surface area contributed by atoms with Gasteiger partial charge in [-0.05, 0) is 25.0 Å². The third-order valence-electron chi connectivity index (χ3n) is 3.31. The summed E-state index contributed by atoms with van der Waals surface area (Å²) in [5.74, 6) is 7.03. The van der Waals surface area contributed by atoms with Crippen molar-refractivity contribution in [1.82, 2.24) is 0 Å². The van der Waals surface area contributed by atoms with Crippen LogP contribution in [0.1, 0.15) is 31.2 Å². The maximum absolute atomic E-state index is 5.81. The Labute approximate surface area is 110 Å². The van der Waals surface area contributed by atoms with Gasteiger partial charge < -0.3 is 4.74 Å². The lowest BCUT2D eigenvalue weighted by atomic mass is 9.86. The Morgan fingerprint density at radius 2 is 2.00 bits per heavy atom. The first-order valence-corrected chi connectivity index (χ1v) is 6.69. The highest BCUT2D eigenvalue weighted by molar-refractivity contribution is 5.34. The van der Waals surface area contributed by atoms with E-state index in [-0.39, 0.29) is 6.10 Å². The Hall–Kier alpha value is -1.52. The molecule has 0 N–H and O–H groups in total. The van der Waals surface area contributed by atoms with E-state index in [1.807, 2.05) is 24.3 Å². The van der Waals surface area contributed by atoms with E-state index in [4.69, 9.17) is 4.74 Å². The van der Waals surface area contributed by atoms with Gasteiger partial charge in [0.05, 0.1) is 12.7 Å². The lowest BCUT2D eigenvalue weighted by Gasteiger charge is -2.27. The summed E-state index contributed by atoms with van der Waals surface area (Å²) in [4.78, 5) is 0. The summed E-state index contributed by atoms with van der Waals surface area (Å²) in [7, 11) is 0. The Morgan fingerprint density at radius 3 is 2.78 bits per heavy atom. The van der Waals surface area contributed by atoms with Crippen molar-refractivity contribution in [2.24, 2.45) is 5.92 Å². The minimum atomic E-state index is 0.285. The molecule has 1 fully saturated rings. The van der Waals surface area contributed by atoms with E-state index in [2.05, 4.69) is 30.6 Å². The highest BCUT2D eigenvalue weighted by Gasteiger charge is 2.23. The summed E-state index contributed by atoms with van der Waals surface area (Å²) in [6.07, 6.45) is 6.90. The number of rotatable bonds is 3. The highest BCUT2D eigenvalue weighted by Crippen LogP contribution is 2.26. The third kappa shape index (κ3) is 3.75. The molecular formula is C17H20O. The van der Waals surface area contributed by atoms with Gasteiger partial charge in [-0.2, -0.15) is 0 Å². The molecule has 0 saturated heterocycles. The Bertz CT molecular complexity index is 424. The molecule has 0 aromatic heterocycles. The molecular weight excluding hydrogens is 220 g/mol. The molecule has 0 heterocycles. The number of hydrogen-bond acceptors (Lipinski definition) is 1. The second-order valence-corrected chi connectivity index (χ2v) is 4.69. The molecule has 0 bridgehead atoms. The number of ether oxygens (including phenoxy) is 1. The maximum Gasteiger partial charge on any atom is 0.0716 e. The zero-order chi connectivity index (χ0) is 12.6. The first-order chi connectivity index (χ1) is 8.90. The fourth-order valence-electron chi connectivity index (χ4n) is 2.35. The molecule has 0 radical (unpaired) electrons. The summed E-state index contributed by atoms with van der Waals surface area (Å²) in [5, 5.41) is 0. The van der Waals surface area contributed by atoms with Crippen molar-refractivity contribution in [3.63, 3.8) is 0 Å². The smallest absolute Gasteiger partial charge is 0.0716 e. The molecule has 18 heavy (non-hydrogen) atoms. The third-order valence-corrected chi connectivity index (χ3v) is 3.31. The van der Waals surface area contributed by atoms with Gasteiger partial charge in [0.2, 0.25) is 0 Å². The van der Waals surface area contributed by atoms with Gasteiger partial charge >= 0.3 is 0 Å². The molecule has 0 spiro atoms. The lowest BCUT2D eigenvalue weighted by molar-refractivity contribution is 0.0229. The predicted molar refractivity (Wildman–Crippen MR) is 75.2 cm³/mol. The predicted octanol–water partition coefficient (Wildman–Crippen LogP) is 3.80. The van der Waals surface area contributed by atoms with Gasteiger partial charge in [-0.1, -0.05) is 49.0 Å². The first-order valence-electron chi connectivity index (χ1n) is 6.69. The molecule has 2 atom stereocenters. The number of hydrogen-bond donors (Lipinski definition) is 0. The van der Waals surface area contributed by atoms with E-state index in [9.17, 15) is 0 Å². The Morgan fingerprint density at radius 1 is 1.22 bits per heavy atom. The molecule has 1 aliphatic rings. The van der Waals surface area contributed by atoms with Crippen molar-refractivity contribution in [3.8, 4) is 11.8 Å². The van der Waals surface area contributed by atoms with Gasteiger partial charge in [0, 0.05) is 11.5 Å². The summed E-state index contributed by atoms with van der Waals surface area (Å²) >= 11 is 0. The SMILES string of the molecule is C=CCO[C@@H]1CCCC[C@H]1C#Cc1ccccc1. The monoisotopic (exact) mass is 240 g/mol. The molecule has 1 heteroatoms. The maximum atomic E-state index is 5.81. The van der Waals surface area contributed by atoms with Crippen molar-refractivity contribution < 1.29 is 4.74 Å². The molecule has 0 unspecified atom stereocenters. The second kappa shape index (κ2) is 7.03. The van der Waals surface area contributed by atoms with Crippen LogP contribution in [0.15, 0.2) is 43.0 Å². The van der Waals surface area contributed by atoms with Crippen molar-refractivity contribution in [2.75, 3.05) is 6.61 Å². The first kappa shape index (κ1) is 12.9. The molecule has 2 rings (SSSR count). The van der Waals surface area contributed by atoms with E-state index in [0.29, 0.717) is 12.5 Å². The van der Waals surface area contributed by atoms with Gasteiger partial charge in [-0.15, -0.1) is 6.58 Å². The van der Waals surface area contributed by atoms with E-state index in [0.717, 1.165) is 18.4 Å². The molecule has 1 saturated carbocycles. The van der Waals surface area contributed by atoms with Crippen LogP contribution in [-0.2, 0) is 4.74 Å². The fraction of sp³-hybridized carbons (Fsp3) is 0.412. The van der Waals surface area contributed by atoms with Crippen molar-refractivity contribution in [3.05, 3.63) is 48.6 Å². The minimum absolute atomic E-state index is 0.285. The molecule has 1 aliphatic carbocycles. The number of benzene rings is 1. The average Bonchev–Trinajstić information content (AvgIpc) is 2.45. The Balaban J connectivity index is 2.01. The van der Waals surface area contributed by atoms with Crippen LogP contribution in [-0.4, -0.2) is 12.7 Å². The molecule has 1 aromatic rings. The molecule has 0 amide bonds. The second-order valence-electron chi connectivity index (χ2n) is 4.69. The van der Waals surface area contributed by atoms with Crippen LogP contribution in [0.25, 0.3) is 0 Å². The largest absolute Gasteiger partial charge is 0.373 e. The molecule has 1 nitrogen and oxygen atoms in total. The van der Waals surface area contributed by atoms with Crippen LogP contribution >= 0.6 is 0 Å². The Kier molecular flexibility index (Phi) is 5.05. The van der Waals surface area contributed by atoms with Crippen molar-refractivity contribution >= 4 is 0 Å². The van der Waals surface area contributed by atoms with Gasteiger partial charge in [-0.3, -0.25) is 0 Å². The molecule has 94 valence electrons. The summed E-state index contributed by atoms with van der Waals surface area (Å²) in [6.45, 7) is 4.34. The zero-order valence-electron chi connectivity index (χ0n) is 10.8.